The Labute approximate surface area is 385 Å². The minimum Gasteiger partial charge on any atom is -0.481 e. The molecule has 0 saturated heterocycles. The van der Waals surface area contributed by atoms with Gasteiger partial charge in [0.15, 0.2) is 11.6 Å². The summed E-state index contributed by atoms with van der Waals surface area (Å²) in [6.45, 7) is 12.6. The zero-order chi connectivity index (χ0) is 45.1. The molecule has 0 spiro atoms. The predicted molar refractivity (Wildman–Crippen MR) is 250 cm³/mol. The van der Waals surface area contributed by atoms with Crippen molar-refractivity contribution >= 4 is 80.8 Å². The van der Waals surface area contributed by atoms with Crippen molar-refractivity contribution in [3.8, 4) is 10.0 Å². The fourth-order valence-electron chi connectivity index (χ4n) is 8.11. The maximum Gasteiger partial charge on any atom is 0.306 e. The van der Waals surface area contributed by atoms with Gasteiger partial charge in [-0.2, -0.15) is 0 Å². The molecule has 7 aromatic rings. The molecule has 3 aliphatic rings. The van der Waals surface area contributed by atoms with Crippen LogP contribution in [0.5, 0.6) is 0 Å². The summed E-state index contributed by atoms with van der Waals surface area (Å²) in [5.74, 6) is 1.34. The quantitative estimate of drug-likeness (QED) is 0.141. The van der Waals surface area contributed by atoms with Gasteiger partial charge in [0.2, 0.25) is 5.91 Å². The Morgan fingerprint density at radius 1 is 0.719 bits per heavy atom. The lowest BCUT2D eigenvalue weighted by Crippen LogP contribution is -2.17. The third-order valence-corrected chi connectivity index (χ3v) is 14.4. The largest absolute Gasteiger partial charge is 0.481 e. The zero-order valence-electron chi connectivity index (χ0n) is 35.4. The van der Waals surface area contributed by atoms with Crippen molar-refractivity contribution in [1.29, 1.82) is 0 Å². The van der Waals surface area contributed by atoms with E-state index in [2.05, 4.69) is 58.7 Å². The molecule has 10 rings (SSSR count). The summed E-state index contributed by atoms with van der Waals surface area (Å²) in [5.41, 5.74) is 9.72. The van der Waals surface area contributed by atoms with E-state index in [9.17, 15) is 19.5 Å². The Morgan fingerprint density at radius 3 is 1.69 bits per heavy atom. The van der Waals surface area contributed by atoms with Crippen LogP contribution in [0, 0.1) is 41.5 Å². The molecule has 0 fully saturated rings. The van der Waals surface area contributed by atoms with Crippen molar-refractivity contribution in [2.75, 3.05) is 5.32 Å². The molecule has 14 nitrogen and oxygen atoms in total. The number of hydrogen-bond donors (Lipinski definition) is 3. The Hall–Kier alpha value is -6.33. The Morgan fingerprint density at radius 2 is 1.20 bits per heavy atom. The number of carboxylic acids is 1. The third-order valence-electron chi connectivity index (χ3n) is 11.5. The molecule has 0 radical (unpaired) electrons. The minimum absolute atomic E-state index is 0.0610. The highest BCUT2D eigenvalue weighted by Gasteiger charge is 2.34. The van der Waals surface area contributed by atoms with E-state index in [-0.39, 0.29) is 24.7 Å². The number of carboxylic acid groups (broad SMARTS) is 1. The number of carbonyl (C=O) groups is 3. The van der Waals surface area contributed by atoms with Gasteiger partial charge in [-0.15, -0.1) is 43.1 Å². The highest BCUT2D eigenvalue weighted by molar-refractivity contribution is 7.15. The monoisotopic (exact) mass is 930 g/mol. The molecule has 2 amide bonds. The van der Waals surface area contributed by atoms with E-state index < -0.39 is 18.1 Å². The van der Waals surface area contributed by atoms with Gasteiger partial charge in [-0.25, -0.2) is 0 Å². The second-order valence-electron chi connectivity index (χ2n) is 15.7. The first-order valence-corrected chi connectivity index (χ1v) is 22.7. The van der Waals surface area contributed by atoms with Crippen molar-refractivity contribution in [3.05, 3.63) is 154 Å². The number of aromatic nitrogens is 6. The van der Waals surface area contributed by atoms with Crippen LogP contribution in [-0.2, 0) is 16.1 Å². The number of aryl methyl sites for hydroxylation is 4. The molecular formula is C46H40Cl2N10O4S2. The average Bonchev–Trinajstić information content (AvgIpc) is 4.04. The number of aliphatic carboxylic acids is 1. The van der Waals surface area contributed by atoms with Crippen molar-refractivity contribution in [2.45, 2.75) is 73.0 Å². The number of anilines is 1. The van der Waals surface area contributed by atoms with Crippen LogP contribution in [0.4, 0.5) is 5.69 Å². The van der Waals surface area contributed by atoms with E-state index in [0.29, 0.717) is 39.5 Å². The summed E-state index contributed by atoms with van der Waals surface area (Å²) in [6.07, 6.45) is -0.0896. The fraction of sp³-hybridized carbons (Fsp3) is 0.239. The number of hydrogen-bond acceptors (Lipinski definition) is 11. The maximum atomic E-state index is 13.3. The molecule has 3 aromatic carbocycles. The standard InChI is InChI=1S/C27H23ClN6O2S.C19H17ClN4O2S/c1-13-14(2)37-27-23(13)24(16-4-7-18(28)8-5-16)31-21(25-33-32-15(3)34(25)27)11-22(35)30-19-9-6-17-12-29-26(36)20(17)10-19;1-9-10(2)27-19-16(9)17(12-4-6-13(20)7-5-12)21-14(8-15(25)26)18-23-22-11(3)24(18)19/h4-10,21H,11-12H2,1-3H3,(H,29,36)(H,30,35);4-7,14H,8H2,1-3H3,(H,25,26)/t21-;14-/m00/s1. The van der Waals surface area contributed by atoms with Gasteiger partial charge in [0.25, 0.3) is 5.91 Å². The number of fused-ring (bicyclic) bond motifs is 7. The van der Waals surface area contributed by atoms with Crippen LogP contribution in [-0.4, -0.2) is 63.8 Å². The number of thiophene rings is 2. The molecule has 324 valence electrons. The van der Waals surface area contributed by atoms with Crippen LogP contribution in [0.25, 0.3) is 10.0 Å². The van der Waals surface area contributed by atoms with E-state index in [1.54, 1.807) is 28.7 Å². The molecule has 7 heterocycles. The SMILES string of the molecule is Cc1sc2c(c1C)C(c1ccc(Cl)cc1)=N[C@@H](CC(=O)Nc1ccc3c(c1)C(=O)NC3)c1nnc(C)n1-2.Cc1sc2c(c1C)C(c1ccc(Cl)cc1)=N[C@@H](CC(=O)O)c1nnc(C)n1-2. The maximum absolute atomic E-state index is 13.3. The zero-order valence-corrected chi connectivity index (χ0v) is 38.6. The van der Waals surface area contributed by atoms with Gasteiger partial charge in [-0.1, -0.05) is 53.5 Å². The second-order valence-corrected chi connectivity index (χ2v) is 19.0. The predicted octanol–water partition coefficient (Wildman–Crippen LogP) is 9.35. The van der Waals surface area contributed by atoms with Crippen LogP contribution in [0.15, 0.2) is 76.7 Å². The molecule has 4 aromatic heterocycles. The lowest BCUT2D eigenvalue weighted by molar-refractivity contribution is -0.137. The van der Waals surface area contributed by atoms with Crippen LogP contribution in [0.2, 0.25) is 10.0 Å². The fourth-order valence-corrected chi connectivity index (χ4v) is 10.8. The Balaban J connectivity index is 0.000000170. The molecule has 18 heteroatoms. The van der Waals surface area contributed by atoms with Crippen LogP contribution >= 0.6 is 45.9 Å². The molecule has 3 N–H and O–H groups in total. The van der Waals surface area contributed by atoms with E-state index in [4.69, 9.17) is 33.2 Å². The number of amides is 2. The number of rotatable bonds is 7. The van der Waals surface area contributed by atoms with E-state index in [0.717, 1.165) is 72.0 Å². The molecule has 3 aliphatic heterocycles. The van der Waals surface area contributed by atoms with Gasteiger partial charge in [0.05, 0.1) is 24.3 Å². The number of halogens is 2. The number of nitrogens with one attached hydrogen (secondary N) is 2. The van der Waals surface area contributed by atoms with Gasteiger partial charge in [-0.05, 0) is 94.6 Å². The summed E-state index contributed by atoms with van der Waals surface area (Å²) < 4.78 is 3.96. The van der Waals surface area contributed by atoms with Gasteiger partial charge >= 0.3 is 5.97 Å². The number of benzene rings is 3. The minimum atomic E-state index is -0.926. The summed E-state index contributed by atoms with van der Waals surface area (Å²) >= 11 is 15.5. The summed E-state index contributed by atoms with van der Waals surface area (Å²) in [7, 11) is 0. The van der Waals surface area contributed by atoms with Crippen LogP contribution < -0.4 is 10.6 Å². The smallest absolute Gasteiger partial charge is 0.306 e. The number of aliphatic imine (C=N–C) groups is 2. The molecule has 2 atom stereocenters. The second kappa shape index (κ2) is 17.0. The van der Waals surface area contributed by atoms with Crippen LogP contribution in [0.3, 0.4) is 0 Å². The Kier molecular flexibility index (Phi) is 11.4. The van der Waals surface area contributed by atoms with E-state index in [1.165, 1.54) is 9.75 Å². The topological polar surface area (TPSA) is 182 Å². The lowest BCUT2D eigenvalue weighted by Gasteiger charge is -2.13. The van der Waals surface area contributed by atoms with Crippen molar-refractivity contribution in [2.24, 2.45) is 9.98 Å². The van der Waals surface area contributed by atoms with E-state index >= 15 is 0 Å². The molecule has 0 saturated carbocycles. The number of carbonyl (C=O) groups excluding carboxylic acids is 2. The normalized spacial score (nSPS) is 15.8. The number of nitrogens with zero attached hydrogens (tertiary/aromatic N) is 8. The molecule has 64 heavy (non-hydrogen) atoms. The van der Waals surface area contributed by atoms with Gasteiger partial charge in [-0.3, -0.25) is 33.5 Å². The Bertz CT molecular complexity index is 3110. The highest BCUT2D eigenvalue weighted by Crippen LogP contribution is 2.41. The van der Waals surface area contributed by atoms with Gasteiger partial charge in [0.1, 0.15) is 33.7 Å². The van der Waals surface area contributed by atoms with Gasteiger partial charge < -0.3 is 15.7 Å². The lowest BCUT2D eigenvalue weighted by atomic mass is 9.99. The molecule has 0 aliphatic carbocycles. The molecule has 0 unspecified atom stereocenters. The van der Waals surface area contributed by atoms with Crippen molar-refractivity contribution < 1.29 is 19.5 Å². The third kappa shape index (κ3) is 7.84. The first-order valence-electron chi connectivity index (χ1n) is 20.3. The van der Waals surface area contributed by atoms with Crippen LogP contribution in [0.1, 0.15) is 107 Å². The van der Waals surface area contributed by atoms with Crippen molar-refractivity contribution in [3.63, 3.8) is 0 Å². The summed E-state index contributed by atoms with van der Waals surface area (Å²) in [5, 5.41) is 35.6. The summed E-state index contributed by atoms with van der Waals surface area (Å²) in [6, 6.07) is 19.2. The van der Waals surface area contributed by atoms with Crippen molar-refractivity contribution in [1.82, 2.24) is 34.8 Å². The molecular weight excluding hydrogens is 892 g/mol. The first kappa shape index (κ1) is 42.9. The first-order chi connectivity index (χ1) is 30.7. The average molecular weight is 932 g/mol. The van der Waals surface area contributed by atoms with Gasteiger partial charge in [0, 0.05) is 59.8 Å². The molecule has 0 bridgehead atoms. The highest BCUT2D eigenvalue weighted by atomic mass is 35.5. The summed E-state index contributed by atoms with van der Waals surface area (Å²) in [4.78, 5) is 49.1. The van der Waals surface area contributed by atoms with E-state index in [1.807, 2.05) is 83.6 Å².